The van der Waals surface area contributed by atoms with Gasteiger partial charge in [0.15, 0.2) is 11.4 Å². The molecule has 0 aliphatic heterocycles. The van der Waals surface area contributed by atoms with E-state index in [1.54, 1.807) is 0 Å². The average Bonchev–Trinajstić information content (AvgIpc) is 3.39. The minimum atomic E-state index is -2.84. The Morgan fingerprint density at radius 3 is 2.31 bits per heavy atom. The van der Waals surface area contributed by atoms with Crippen LogP contribution in [-0.2, 0) is 24.8 Å². The molecule has 0 saturated heterocycles. The summed E-state index contributed by atoms with van der Waals surface area (Å²) in [6.07, 6.45) is 1.78. The molecule has 8 N–H and O–H groups in total. The lowest BCUT2D eigenvalue weighted by molar-refractivity contribution is -0.159. The Hall–Kier alpha value is -3.78. The molecule has 1 aromatic carbocycles. The van der Waals surface area contributed by atoms with Crippen molar-refractivity contribution in [3.63, 3.8) is 0 Å². The number of hydrogen-bond donors (Lipinski definition) is 8. The highest BCUT2D eigenvalue weighted by Crippen LogP contribution is 2.57. The Bertz CT molecular complexity index is 1460. The minimum Gasteiger partial charge on any atom is -0.508 e. The van der Waals surface area contributed by atoms with Crippen LogP contribution in [0.15, 0.2) is 35.1 Å². The van der Waals surface area contributed by atoms with Crippen molar-refractivity contribution in [3.05, 3.63) is 46.2 Å². The Kier molecular flexibility index (Phi) is 7.00. The number of carboxylic acids is 1. The zero-order valence-corrected chi connectivity index (χ0v) is 23.5. The van der Waals surface area contributed by atoms with Crippen LogP contribution in [0.25, 0.3) is 5.76 Å². The molecule has 5 atom stereocenters. The highest BCUT2D eigenvalue weighted by atomic mass is 16.4. The third-order valence-electron chi connectivity index (χ3n) is 9.54. The summed E-state index contributed by atoms with van der Waals surface area (Å²) in [7, 11) is 3.00. The number of hydrogen-bond acceptors (Lipinski definition) is 11. The summed E-state index contributed by atoms with van der Waals surface area (Å²) in [5.41, 5.74) is -7.30. The Morgan fingerprint density at radius 2 is 1.71 bits per heavy atom. The van der Waals surface area contributed by atoms with Crippen molar-refractivity contribution in [2.45, 2.75) is 61.8 Å². The zero-order chi connectivity index (χ0) is 30.9. The zero-order valence-electron chi connectivity index (χ0n) is 23.5. The van der Waals surface area contributed by atoms with Crippen LogP contribution >= 0.6 is 0 Å². The van der Waals surface area contributed by atoms with Crippen molar-refractivity contribution in [1.29, 1.82) is 0 Å². The van der Waals surface area contributed by atoms with Crippen LogP contribution in [0.4, 0.5) is 0 Å². The van der Waals surface area contributed by atoms with Crippen molar-refractivity contribution >= 4 is 29.2 Å². The van der Waals surface area contributed by atoms with Gasteiger partial charge in [-0.2, -0.15) is 0 Å². The van der Waals surface area contributed by atoms with Crippen LogP contribution in [0.1, 0.15) is 50.2 Å². The molecule has 5 unspecified atom stereocenters. The number of Topliss-reactive ketones (excluding diaryl/α,β-unsaturated/α-hetero) is 2. The molecule has 4 aliphatic carbocycles. The molecule has 0 aromatic heterocycles. The van der Waals surface area contributed by atoms with Crippen LogP contribution in [0.2, 0.25) is 0 Å². The van der Waals surface area contributed by atoms with Gasteiger partial charge in [-0.05, 0) is 51.9 Å². The minimum absolute atomic E-state index is 0.143. The maximum Gasteiger partial charge on any atom is 0.323 e. The van der Waals surface area contributed by atoms with Crippen molar-refractivity contribution in [1.82, 2.24) is 15.5 Å². The molecule has 1 aromatic rings. The molecule has 0 spiro atoms. The number of aliphatic carboxylic acids is 1. The second-order valence-electron chi connectivity index (χ2n) is 12.0. The van der Waals surface area contributed by atoms with Crippen LogP contribution < -0.4 is 10.6 Å². The van der Waals surface area contributed by atoms with Gasteiger partial charge >= 0.3 is 5.97 Å². The Morgan fingerprint density at radius 1 is 1.07 bits per heavy atom. The lowest BCUT2D eigenvalue weighted by atomic mass is 9.54. The monoisotopic (exact) mass is 585 g/mol. The number of ketones is 2. The Balaban J connectivity index is 1.57. The number of nitrogens with zero attached hydrogens (tertiary/aromatic N) is 1. The lowest BCUT2D eigenvalue weighted by Gasteiger charge is -2.53. The van der Waals surface area contributed by atoms with Crippen molar-refractivity contribution < 1.29 is 49.8 Å². The fraction of sp³-hybridized carbons (Fsp3) is 0.517. The number of benzene rings is 1. The number of carboxylic acid groups (broad SMARTS) is 1. The number of aliphatic hydroxyl groups excluding tert-OH is 2. The van der Waals surface area contributed by atoms with Gasteiger partial charge in [0.05, 0.1) is 23.9 Å². The molecule has 42 heavy (non-hydrogen) atoms. The number of carbonyl (C=O) groups excluding carboxylic acids is 3. The average molecular weight is 586 g/mol. The number of amides is 1. The maximum absolute atomic E-state index is 14.1. The van der Waals surface area contributed by atoms with Gasteiger partial charge in [-0.1, -0.05) is 25.0 Å². The fourth-order valence-corrected chi connectivity index (χ4v) is 7.31. The van der Waals surface area contributed by atoms with E-state index in [9.17, 15) is 49.8 Å². The smallest absolute Gasteiger partial charge is 0.323 e. The lowest BCUT2D eigenvalue weighted by Crippen LogP contribution is -2.67. The molecule has 2 saturated carbocycles. The molecule has 0 bridgehead atoms. The molecule has 226 valence electrons. The first-order valence-electron chi connectivity index (χ1n) is 13.8. The number of nitrogens with one attached hydrogen (secondary N) is 2. The quantitative estimate of drug-likeness (QED) is 0.166. The van der Waals surface area contributed by atoms with Gasteiger partial charge in [-0.15, -0.1) is 0 Å². The van der Waals surface area contributed by atoms with Gasteiger partial charge in [-0.25, -0.2) is 0 Å². The summed E-state index contributed by atoms with van der Waals surface area (Å²) in [4.78, 5) is 54.4. The highest BCUT2D eigenvalue weighted by molar-refractivity contribution is 6.25. The standard InChI is InChI=1S/C29H35N3O10/c1-27(41)13-7-6-8-16(33)17(13)21(34)18-14(27)11-15-20(32(2)3)22(35)19(24(37)29(15,42)23(18)36)25(38)30-12-31-28(26(39)40)9-4-5-10-28/h6-8,14-15,20,31,33-34,37,41-42H,4-5,9-12H2,1-3H3,(H,30,38)(H,39,40). The second-order valence-corrected chi connectivity index (χ2v) is 12.0. The van der Waals surface area contributed by atoms with E-state index in [-0.39, 0.29) is 24.2 Å². The molecule has 2 fully saturated rings. The fourth-order valence-electron chi connectivity index (χ4n) is 7.31. The summed E-state index contributed by atoms with van der Waals surface area (Å²) in [5.74, 6) is -9.08. The highest BCUT2D eigenvalue weighted by Gasteiger charge is 2.66. The van der Waals surface area contributed by atoms with Crippen LogP contribution in [0, 0.1) is 11.8 Å². The van der Waals surface area contributed by atoms with Gasteiger partial charge < -0.3 is 36.0 Å². The van der Waals surface area contributed by atoms with Crippen LogP contribution in [0.5, 0.6) is 5.75 Å². The van der Waals surface area contributed by atoms with E-state index in [0.717, 1.165) is 0 Å². The van der Waals surface area contributed by atoms with E-state index in [4.69, 9.17) is 0 Å². The summed E-state index contributed by atoms with van der Waals surface area (Å²) < 4.78 is 0. The van der Waals surface area contributed by atoms with E-state index in [1.165, 1.54) is 44.1 Å². The first-order valence-corrected chi connectivity index (χ1v) is 13.8. The molecular formula is C29H35N3O10. The third-order valence-corrected chi connectivity index (χ3v) is 9.54. The molecular weight excluding hydrogens is 550 g/mol. The third kappa shape index (κ3) is 3.98. The van der Waals surface area contributed by atoms with Crippen molar-refractivity contribution in [2.24, 2.45) is 11.8 Å². The van der Waals surface area contributed by atoms with E-state index >= 15 is 0 Å². The number of carbonyl (C=O) groups is 4. The molecule has 1 amide bonds. The summed E-state index contributed by atoms with van der Waals surface area (Å²) in [5, 5.41) is 71.4. The molecule has 4 aliphatic rings. The SMILES string of the molecule is CN(C)C1C(=O)C(C(=O)NCNC2(C(=O)O)CCCC2)=C(O)C2(O)C(=O)C3=C(O)c4c(O)cccc4C(C)(O)C3CC12. The number of phenolic OH excluding ortho intramolecular Hbond substituents is 1. The predicted molar refractivity (Wildman–Crippen MR) is 146 cm³/mol. The molecule has 5 rings (SSSR count). The maximum atomic E-state index is 14.1. The van der Waals surface area contributed by atoms with E-state index in [0.29, 0.717) is 25.7 Å². The number of phenols is 1. The number of aromatic hydroxyl groups is 1. The van der Waals surface area contributed by atoms with Gasteiger partial charge in [0.1, 0.15) is 28.4 Å². The molecule has 0 heterocycles. The van der Waals surface area contributed by atoms with Crippen LogP contribution in [0.3, 0.4) is 0 Å². The first kappa shape index (κ1) is 29.7. The first-order chi connectivity index (χ1) is 19.6. The summed E-state index contributed by atoms with van der Waals surface area (Å²) in [6, 6.07) is 2.91. The summed E-state index contributed by atoms with van der Waals surface area (Å²) >= 11 is 0. The molecule has 13 heteroatoms. The molecule has 0 radical (unpaired) electrons. The number of fused-ring (bicyclic) bond motifs is 3. The summed E-state index contributed by atoms with van der Waals surface area (Å²) in [6.45, 7) is 1.02. The van der Waals surface area contributed by atoms with Crippen molar-refractivity contribution in [2.75, 3.05) is 20.8 Å². The number of rotatable bonds is 6. The molecule has 13 nitrogen and oxygen atoms in total. The van der Waals surface area contributed by atoms with E-state index in [1.807, 2.05) is 0 Å². The van der Waals surface area contributed by atoms with Gasteiger partial charge in [0.25, 0.3) is 5.91 Å². The van der Waals surface area contributed by atoms with E-state index < -0.39 is 86.5 Å². The predicted octanol–water partition coefficient (Wildman–Crippen LogP) is 0.204. The topological polar surface area (TPSA) is 217 Å². The normalized spacial score (nSPS) is 32.0. The largest absolute Gasteiger partial charge is 0.508 e. The number of likely N-dealkylation sites (N-methyl/N-ethyl adjacent to an activating group) is 1. The van der Waals surface area contributed by atoms with Crippen molar-refractivity contribution in [3.8, 4) is 5.75 Å². The van der Waals surface area contributed by atoms with Gasteiger partial charge in [0, 0.05) is 17.4 Å². The second kappa shape index (κ2) is 9.90. The van der Waals surface area contributed by atoms with Crippen LogP contribution in [-0.4, -0.2) is 96.9 Å². The number of aliphatic hydroxyl groups is 4. The van der Waals surface area contributed by atoms with Gasteiger partial charge in [0.2, 0.25) is 5.78 Å². The Labute approximate surface area is 241 Å². The van der Waals surface area contributed by atoms with Gasteiger partial charge in [-0.3, -0.25) is 29.4 Å². The van der Waals surface area contributed by atoms with E-state index in [2.05, 4.69) is 10.6 Å².